The molecule has 0 aliphatic carbocycles. The standard InChI is InChI=1S/C10H16FN2O12P3S/c1-10(11)7(15)5(23-8(10)13-3-2-6(14)12-9(13)29)4-22-27(18,19)25-28(20,21)24-26(16)17/h2-3,5,7-8,15,26H,4H2,1H3,(H,16,17)(H,18,19)(H,20,21)(H,12,14,29)/t5-,7+,8-,10?/m1/s1. The minimum Gasteiger partial charge on any atom is -0.387 e. The number of aliphatic hydroxyl groups excluding tert-OH is 1. The highest BCUT2D eigenvalue weighted by atomic mass is 32.1. The molecule has 0 radical (unpaired) electrons. The predicted octanol–water partition coefficient (Wildman–Crippen LogP) is 0.525. The number of phosphoric ester groups is 1. The molecule has 1 fully saturated rings. The Hall–Kier alpha value is -0.600. The summed E-state index contributed by atoms with van der Waals surface area (Å²) in [5.41, 5.74) is -3.07. The maximum atomic E-state index is 15.0. The van der Waals surface area contributed by atoms with Crippen molar-refractivity contribution in [2.24, 2.45) is 0 Å². The molecule has 0 aromatic carbocycles. The molecule has 1 aromatic rings. The lowest BCUT2D eigenvalue weighted by atomic mass is 9.99. The fraction of sp³-hybridized carbons (Fsp3) is 0.600. The summed E-state index contributed by atoms with van der Waals surface area (Å²) in [6.45, 7) is -0.0605. The molecule has 5 N–H and O–H groups in total. The summed E-state index contributed by atoms with van der Waals surface area (Å²) in [5.74, 6) is 0. The van der Waals surface area contributed by atoms with Crippen LogP contribution in [0, 0.1) is 4.77 Å². The molecule has 166 valence electrons. The molecular weight excluding hydrogens is 484 g/mol. The molecule has 19 heteroatoms. The van der Waals surface area contributed by atoms with Crippen LogP contribution in [0.5, 0.6) is 0 Å². The average Bonchev–Trinajstić information content (AvgIpc) is 2.74. The molecule has 1 aliphatic heterocycles. The Bertz CT molecular complexity index is 997. The molecular formula is C10H16FN2O12P3S. The highest BCUT2D eigenvalue weighted by Gasteiger charge is 2.55. The number of aromatic nitrogens is 2. The van der Waals surface area contributed by atoms with Crippen LogP contribution >= 0.6 is 36.1 Å². The average molecular weight is 500 g/mol. The molecule has 0 saturated carbocycles. The van der Waals surface area contributed by atoms with Crippen LogP contribution in [0.3, 0.4) is 0 Å². The molecule has 2 rings (SSSR count). The molecule has 0 bridgehead atoms. The van der Waals surface area contributed by atoms with Crippen molar-refractivity contribution in [1.29, 1.82) is 0 Å². The maximum Gasteiger partial charge on any atom is 0.488 e. The number of ether oxygens (including phenoxy) is 1. The molecule has 0 spiro atoms. The van der Waals surface area contributed by atoms with E-state index in [0.29, 0.717) is 0 Å². The van der Waals surface area contributed by atoms with Crippen LogP contribution < -0.4 is 5.56 Å². The van der Waals surface area contributed by atoms with Crippen molar-refractivity contribution < 1.29 is 55.8 Å². The van der Waals surface area contributed by atoms with Gasteiger partial charge in [-0.25, -0.2) is 17.8 Å². The Labute approximate surface area is 167 Å². The number of rotatable bonds is 8. The van der Waals surface area contributed by atoms with Gasteiger partial charge in [-0.15, -0.1) is 0 Å². The molecule has 2 heterocycles. The van der Waals surface area contributed by atoms with E-state index < -0.39 is 60.2 Å². The van der Waals surface area contributed by atoms with Crippen LogP contribution in [0.1, 0.15) is 13.2 Å². The first-order chi connectivity index (χ1) is 13.1. The molecule has 7 atom stereocenters. The van der Waals surface area contributed by atoms with E-state index in [4.69, 9.17) is 26.7 Å². The summed E-state index contributed by atoms with van der Waals surface area (Å²) in [5, 5.41) is 10.1. The monoisotopic (exact) mass is 500 g/mol. The first-order valence-electron chi connectivity index (χ1n) is 7.42. The zero-order valence-electron chi connectivity index (χ0n) is 14.3. The van der Waals surface area contributed by atoms with Gasteiger partial charge >= 0.3 is 23.9 Å². The fourth-order valence-electron chi connectivity index (χ4n) is 2.40. The molecule has 1 aliphatic rings. The third kappa shape index (κ3) is 6.20. The van der Waals surface area contributed by atoms with Gasteiger partial charge in [0, 0.05) is 12.3 Å². The number of hydrogen-bond donors (Lipinski definition) is 5. The van der Waals surface area contributed by atoms with Crippen LogP contribution in [0.4, 0.5) is 4.39 Å². The van der Waals surface area contributed by atoms with E-state index in [1.54, 1.807) is 0 Å². The maximum absolute atomic E-state index is 15.0. The Morgan fingerprint density at radius 2 is 2.07 bits per heavy atom. The Balaban J connectivity index is 2.13. The second kappa shape index (κ2) is 8.87. The van der Waals surface area contributed by atoms with Gasteiger partial charge in [0.1, 0.15) is 12.2 Å². The number of halogens is 1. The Morgan fingerprint density at radius 3 is 2.62 bits per heavy atom. The lowest BCUT2D eigenvalue weighted by molar-refractivity contribution is -0.0594. The number of alkyl halides is 1. The van der Waals surface area contributed by atoms with E-state index in [1.807, 2.05) is 0 Å². The molecule has 4 unspecified atom stereocenters. The summed E-state index contributed by atoms with van der Waals surface area (Å²) in [4.78, 5) is 40.4. The van der Waals surface area contributed by atoms with Gasteiger partial charge < -0.3 is 24.5 Å². The number of aliphatic hydroxyl groups is 1. The van der Waals surface area contributed by atoms with Crippen molar-refractivity contribution in [3.05, 3.63) is 27.4 Å². The van der Waals surface area contributed by atoms with Gasteiger partial charge in [0.25, 0.3) is 5.56 Å². The first kappa shape index (κ1) is 24.7. The SMILES string of the molecule is CC1(F)[C@@H](O)[C@@H](COP(=O)(O)OP(=O)(O)O[PH](=O)O)O[C@H]1n1ccc(=O)[nH]c1=S. The van der Waals surface area contributed by atoms with Gasteiger partial charge in [-0.2, -0.15) is 4.31 Å². The summed E-state index contributed by atoms with van der Waals surface area (Å²) < 4.78 is 66.2. The smallest absolute Gasteiger partial charge is 0.387 e. The number of hydrogen-bond acceptors (Lipinski definition) is 10. The van der Waals surface area contributed by atoms with Crippen molar-refractivity contribution in [2.45, 2.75) is 31.0 Å². The zero-order valence-corrected chi connectivity index (χ0v) is 17.9. The van der Waals surface area contributed by atoms with Gasteiger partial charge in [0.15, 0.2) is 16.7 Å². The second-order valence-corrected chi connectivity index (χ2v) is 10.2. The van der Waals surface area contributed by atoms with Crippen LogP contribution in [0.2, 0.25) is 0 Å². The van der Waals surface area contributed by atoms with E-state index in [0.717, 1.165) is 23.8 Å². The zero-order chi connectivity index (χ0) is 22.2. The van der Waals surface area contributed by atoms with Crippen LogP contribution in [0.25, 0.3) is 0 Å². The molecule has 0 amide bonds. The summed E-state index contributed by atoms with van der Waals surface area (Å²) in [6.07, 6.45) is -3.96. The van der Waals surface area contributed by atoms with Crippen molar-refractivity contribution in [3.63, 3.8) is 0 Å². The highest BCUT2D eigenvalue weighted by Crippen LogP contribution is 2.63. The topological polar surface area (TPSA) is 207 Å². The minimum atomic E-state index is -5.43. The number of nitrogens with one attached hydrogen (secondary N) is 1. The minimum absolute atomic E-state index is 0.228. The molecule has 1 saturated heterocycles. The Kier molecular flexibility index (Phi) is 7.54. The third-order valence-electron chi connectivity index (χ3n) is 3.62. The number of aromatic amines is 1. The van der Waals surface area contributed by atoms with E-state index >= 15 is 4.39 Å². The summed E-state index contributed by atoms with van der Waals surface area (Å²) in [6, 6.07) is 1.02. The van der Waals surface area contributed by atoms with E-state index in [9.17, 15) is 28.5 Å². The van der Waals surface area contributed by atoms with Gasteiger partial charge in [0.05, 0.1) is 6.61 Å². The Morgan fingerprint density at radius 1 is 1.45 bits per heavy atom. The lowest BCUT2D eigenvalue weighted by Gasteiger charge is -2.25. The highest BCUT2D eigenvalue weighted by molar-refractivity contribution is 7.71. The fourth-order valence-corrected chi connectivity index (χ4v) is 5.45. The van der Waals surface area contributed by atoms with Gasteiger partial charge in [-0.1, -0.05) is 0 Å². The quantitative estimate of drug-likeness (QED) is 0.244. The molecule has 1 aromatic heterocycles. The normalized spacial score (nSPS) is 32.4. The van der Waals surface area contributed by atoms with E-state index in [2.05, 4.69) is 18.1 Å². The first-order valence-corrected chi connectivity index (χ1v) is 12.1. The van der Waals surface area contributed by atoms with Crippen molar-refractivity contribution in [2.75, 3.05) is 6.61 Å². The summed E-state index contributed by atoms with van der Waals surface area (Å²) in [7, 11) is -14.8. The van der Waals surface area contributed by atoms with Crippen molar-refractivity contribution in [3.8, 4) is 0 Å². The predicted molar refractivity (Wildman–Crippen MR) is 94.3 cm³/mol. The number of phosphoric acid groups is 2. The van der Waals surface area contributed by atoms with Crippen LogP contribution in [0.15, 0.2) is 17.1 Å². The largest absolute Gasteiger partial charge is 0.488 e. The molecule has 14 nitrogen and oxygen atoms in total. The lowest BCUT2D eigenvalue weighted by Crippen LogP contribution is -2.41. The van der Waals surface area contributed by atoms with Crippen molar-refractivity contribution in [1.82, 2.24) is 9.55 Å². The number of nitrogens with zero attached hydrogens (tertiary/aromatic N) is 1. The van der Waals surface area contributed by atoms with Crippen LogP contribution in [-0.4, -0.2) is 53.8 Å². The van der Waals surface area contributed by atoms with Crippen LogP contribution in [-0.2, 0) is 31.6 Å². The molecule has 29 heavy (non-hydrogen) atoms. The number of H-pyrrole nitrogens is 1. The second-order valence-electron chi connectivity index (χ2n) is 5.81. The van der Waals surface area contributed by atoms with Gasteiger partial charge in [-0.05, 0) is 19.1 Å². The van der Waals surface area contributed by atoms with Gasteiger partial charge in [-0.3, -0.25) is 23.4 Å². The van der Waals surface area contributed by atoms with Gasteiger partial charge in [0.2, 0.25) is 0 Å². The van der Waals surface area contributed by atoms with E-state index in [-0.39, 0.29) is 4.77 Å². The third-order valence-corrected chi connectivity index (χ3v) is 7.61. The van der Waals surface area contributed by atoms with E-state index in [1.165, 1.54) is 0 Å². The van der Waals surface area contributed by atoms with Crippen molar-refractivity contribution >= 4 is 36.1 Å². The summed E-state index contributed by atoms with van der Waals surface area (Å²) >= 11 is 4.90.